The summed E-state index contributed by atoms with van der Waals surface area (Å²) in [5.41, 5.74) is 0.879. The van der Waals surface area contributed by atoms with Crippen molar-refractivity contribution in [2.45, 2.75) is 20.0 Å². The largest absolute Gasteiger partial charge is 0.363 e. The summed E-state index contributed by atoms with van der Waals surface area (Å²) in [5, 5.41) is 7.55. The first-order valence-corrected chi connectivity index (χ1v) is 4.86. The fourth-order valence-corrected chi connectivity index (χ4v) is 1.36. The second-order valence-corrected chi connectivity index (χ2v) is 3.22. The van der Waals surface area contributed by atoms with E-state index < -0.39 is 0 Å². The Balaban J connectivity index is 2.26. The highest BCUT2D eigenvalue weighted by Crippen LogP contribution is 1.98. The van der Waals surface area contributed by atoms with Crippen LogP contribution in [0.2, 0.25) is 0 Å². The highest BCUT2D eigenvalue weighted by molar-refractivity contribution is 5.14. The smallest absolute Gasteiger partial charge is 0.244 e. The third kappa shape index (κ3) is 1.96. The van der Waals surface area contributed by atoms with E-state index >= 15 is 0 Å². The van der Waals surface area contributed by atoms with Crippen LogP contribution in [0, 0.1) is 0 Å². The van der Waals surface area contributed by atoms with E-state index in [2.05, 4.69) is 10.4 Å². The van der Waals surface area contributed by atoms with Gasteiger partial charge < -0.3 is 0 Å². The van der Waals surface area contributed by atoms with Gasteiger partial charge in [-0.3, -0.25) is 0 Å². The van der Waals surface area contributed by atoms with Gasteiger partial charge in [-0.1, -0.05) is 30.3 Å². The molecule has 0 unspecified atom stereocenters. The summed E-state index contributed by atoms with van der Waals surface area (Å²) in [6.45, 7) is 2.89. The lowest BCUT2D eigenvalue weighted by Crippen LogP contribution is -2.25. The molecule has 0 saturated carbocycles. The van der Waals surface area contributed by atoms with Crippen LogP contribution in [0.5, 0.6) is 0 Å². The van der Waals surface area contributed by atoms with Gasteiger partial charge in [0.1, 0.15) is 0 Å². The van der Waals surface area contributed by atoms with E-state index in [1.807, 2.05) is 37.3 Å². The van der Waals surface area contributed by atoms with E-state index in [-0.39, 0.29) is 5.69 Å². The number of rotatable bonds is 3. The second kappa shape index (κ2) is 4.08. The molecule has 2 aromatic rings. The Kier molecular flexibility index (Phi) is 2.62. The van der Waals surface area contributed by atoms with Crippen molar-refractivity contribution in [1.29, 1.82) is 0 Å². The molecule has 0 aliphatic heterocycles. The minimum absolute atomic E-state index is 0.165. The van der Waals surface area contributed by atoms with Gasteiger partial charge in [-0.15, -0.1) is 0 Å². The molecule has 0 spiro atoms. The highest BCUT2D eigenvalue weighted by atomic mass is 16.2. The van der Waals surface area contributed by atoms with Crippen molar-refractivity contribution in [2.24, 2.45) is 0 Å². The van der Waals surface area contributed by atoms with Crippen LogP contribution in [0.3, 0.4) is 0 Å². The first kappa shape index (κ1) is 9.64. The Labute approximate surface area is 86.9 Å². The zero-order valence-corrected chi connectivity index (χ0v) is 8.50. The quantitative estimate of drug-likeness (QED) is 0.732. The van der Waals surface area contributed by atoms with Gasteiger partial charge >= 0.3 is 5.69 Å². The summed E-state index contributed by atoms with van der Waals surface area (Å²) in [7, 11) is 0. The predicted octanol–water partition coefficient (Wildman–Crippen LogP) is 0.508. The molecule has 1 aromatic carbocycles. The number of tetrazole rings is 1. The van der Waals surface area contributed by atoms with E-state index in [1.54, 1.807) is 0 Å². The predicted molar refractivity (Wildman–Crippen MR) is 55.5 cm³/mol. The van der Waals surface area contributed by atoms with Crippen molar-refractivity contribution >= 4 is 0 Å². The maximum atomic E-state index is 11.6. The summed E-state index contributed by atoms with van der Waals surface area (Å²) < 4.78 is 2.70. The van der Waals surface area contributed by atoms with Crippen molar-refractivity contribution in [3.63, 3.8) is 0 Å². The van der Waals surface area contributed by atoms with Gasteiger partial charge in [-0.05, 0) is 22.9 Å². The molecule has 0 amide bonds. The maximum Gasteiger partial charge on any atom is 0.363 e. The van der Waals surface area contributed by atoms with Crippen LogP contribution in [0.4, 0.5) is 0 Å². The average molecular weight is 204 g/mol. The van der Waals surface area contributed by atoms with Crippen molar-refractivity contribution in [1.82, 2.24) is 19.8 Å². The Morgan fingerprint density at radius 1 is 1.13 bits per heavy atom. The first-order chi connectivity index (χ1) is 7.31. The molecule has 0 aliphatic rings. The average Bonchev–Trinajstić information content (AvgIpc) is 2.62. The topological polar surface area (TPSA) is 52.7 Å². The van der Waals surface area contributed by atoms with Crippen molar-refractivity contribution in [3.05, 3.63) is 46.4 Å². The summed E-state index contributed by atoms with van der Waals surface area (Å²) in [5.74, 6) is 0. The molecule has 0 radical (unpaired) electrons. The van der Waals surface area contributed by atoms with Crippen LogP contribution in [0.1, 0.15) is 12.5 Å². The van der Waals surface area contributed by atoms with E-state index in [4.69, 9.17) is 0 Å². The lowest BCUT2D eigenvalue weighted by molar-refractivity contribution is 0.609. The molecule has 2 rings (SSSR count). The monoisotopic (exact) mass is 204 g/mol. The maximum absolute atomic E-state index is 11.6. The van der Waals surface area contributed by atoms with E-state index in [0.29, 0.717) is 13.1 Å². The van der Waals surface area contributed by atoms with Crippen LogP contribution in [0.15, 0.2) is 35.1 Å². The van der Waals surface area contributed by atoms with Crippen LogP contribution < -0.4 is 5.69 Å². The van der Waals surface area contributed by atoms with E-state index in [9.17, 15) is 4.79 Å². The SMILES string of the molecule is CCn1nnn(Cc2ccccc2)c1=O. The molecule has 0 fully saturated rings. The number of hydrogen-bond acceptors (Lipinski definition) is 3. The van der Waals surface area contributed by atoms with Crippen LogP contribution in [-0.4, -0.2) is 19.8 Å². The number of hydrogen-bond donors (Lipinski definition) is 0. The number of benzene rings is 1. The molecule has 15 heavy (non-hydrogen) atoms. The third-order valence-corrected chi connectivity index (χ3v) is 2.17. The minimum Gasteiger partial charge on any atom is -0.244 e. The Hall–Kier alpha value is -1.91. The van der Waals surface area contributed by atoms with E-state index in [1.165, 1.54) is 9.36 Å². The molecular formula is C10H12N4O. The number of aryl methyl sites for hydroxylation is 1. The van der Waals surface area contributed by atoms with Crippen molar-refractivity contribution in [3.8, 4) is 0 Å². The summed E-state index contributed by atoms with van der Waals surface area (Å²) in [4.78, 5) is 11.6. The molecule has 0 bridgehead atoms. The number of nitrogens with zero attached hydrogens (tertiary/aromatic N) is 4. The standard InChI is InChI=1S/C10H12N4O/c1-2-13-10(15)14(12-11-13)8-9-6-4-3-5-7-9/h3-7H,2,8H2,1H3. The fraction of sp³-hybridized carbons (Fsp3) is 0.300. The molecule has 5 nitrogen and oxygen atoms in total. The Bertz CT molecular complexity index is 486. The van der Waals surface area contributed by atoms with Gasteiger partial charge in [0, 0.05) is 6.54 Å². The lowest BCUT2D eigenvalue weighted by Gasteiger charge is -1.97. The first-order valence-electron chi connectivity index (χ1n) is 4.86. The summed E-state index contributed by atoms with van der Waals surface area (Å²) in [6.07, 6.45) is 0. The van der Waals surface area contributed by atoms with Crippen molar-refractivity contribution in [2.75, 3.05) is 0 Å². The highest BCUT2D eigenvalue weighted by Gasteiger charge is 2.04. The minimum atomic E-state index is -0.165. The molecule has 1 heterocycles. The van der Waals surface area contributed by atoms with Crippen molar-refractivity contribution < 1.29 is 0 Å². The zero-order valence-electron chi connectivity index (χ0n) is 8.50. The summed E-state index contributed by atoms with van der Waals surface area (Å²) >= 11 is 0. The van der Waals surface area contributed by atoms with Crippen LogP contribution in [-0.2, 0) is 13.1 Å². The molecule has 0 aliphatic carbocycles. The molecular weight excluding hydrogens is 192 g/mol. The molecule has 0 N–H and O–H groups in total. The van der Waals surface area contributed by atoms with Gasteiger partial charge in [-0.25, -0.2) is 4.79 Å². The van der Waals surface area contributed by atoms with Crippen LogP contribution >= 0.6 is 0 Å². The second-order valence-electron chi connectivity index (χ2n) is 3.22. The molecule has 78 valence electrons. The molecule has 0 atom stereocenters. The number of aromatic nitrogens is 4. The fourth-order valence-electron chi connectivity index (χ4n) is 1.36. The summed E-state index contributed by atoms with van der Waals surface area (Å²) in [6, 6.07) is 9.72. The van der Waals surface area contributed by atoms with Gasteiger partial charge in [0.15, 0.2) is 0 Å². The Morgan fingerprint density at radius 2 is 1.80 bits per heavy atom. The van der Waals surface area contributed by atoms with Gasteiger partial charge in [0.25, 0.3) is 0 Å². The van der Waals surface area contributed by atoms with Gasteiger partial charge in [0.05, 0.1) is 6.54 Å². The van der Waals surface area contributed by atoms with Crippen LogP contribution in [0.25, 0.3) is 0 Å². The molecule has 5 heteroatoms. The normalized spacial score (nSPS) is 10.5. The molecule has 1 aromatic heterocycles. The van der Waals surface area contributed by atoms with Gasteiger partial charge in [-0.2, -0.15) is 9.36 Å². The lowest BCUT2D eigenvalue weighted by atomic mass is 10.2. The zero-order chi connectivity index (χ0) is 10.7. The molecule has 0 saturated heterocycles. The Morgan fingerprint density at radius 3 is 2.40 bits per heavy atom. The van der Waals surface area contributed by atoms with E-state index in [0.717, 1.165) is 5.56 Å². The van der Waals surface area contributed by atoms with Gasteiger partial charge in [0.2, 0.25) is 0 Å². The third-order valence-electron chi connectivity index (χ3n) is 2.17.